The minimum absolute atomic E-state index is 0.00777. The predicted octanol–water partition coefficient (Wildman–Crippen LogP) is 1.89. The van der Waals surface area contributed by atoms with Gasteiger partial charge in [-0.2, -0.15) is 13.2 Å². The first-order chi connectivity index (χ1) is 7.29. The van der Waals surface area contributed by atoms with Crippen LogP contribution in [-0.4, -0.2) is 46.9 Å². The molecule has 0 spiro atoms. The van der Waals surface area contributed by atoms with Crippen molar-refractivity contribution >= 4 is 17.7 Å². The van der Waals surface area contributed by atoms with Crippen molar-refractivity contribution in [3.05, 3.63) is 0 Å². The van der Waals surface area contributed by atoms with E-state index in [1.54, 1.807) is 4.90 Å². The molecule has 0 radical (unpaired) electrons. The molecule has 1 aliphatic rings. The van der Waals surface area contributed by atoms with Crippen LogP contribution in [-0.2, 0) is 4.79 Å². The summed E-state index contributed by atoms with van der Waals surface area (Å²) in [5, 5.41) is 8.84. The Labute approximate surface area is 96.0 Å². The highest BCUT2D eigenvalue weighted by Crippen LogP contribution is 2.30. The van der Waals surface area contributed by atoms with Gasteiger partial charge in [0.1, 0.15) is 0 Å². The first-order valence-corrected chi connectivity index (χ1v) is 5.94. The lowest BCUT2D eigenvalue weighted by molar-refractivity contribution is -0.142. The van der Waals surface area contributed by atoms with Gasteiger partial charge < -0.3 is 10.0 Å². The maximum atomic E-state index is 11.9. The van der Waals surface area contributed by atoms with Gasteiger partial charge >= 0.3 is 11.5 Å². The molecule has 0 aliphatic carbocycles. The third-order valence-corrected chi connectivity index (χ3v) is 3.39. The largest absolute Gasteiger partial charge is 0.481 e. The molecule has 0 aromatic carbocycles. The molecule has 1 aliphatic heterocycles. The number of alkyl halides is 3. The van der Waals surface area contributed by atoms with Crippen molar-refractivity contribution in [2.24, 2.45) is 11.8 Å². The van der Waals surface area contributed by atoms with Crippen LogP contribution in [0, 0.1) is 11.8 Å². The van der Waals surface area contributed by atoms with Gasteiger partial charge in [0.25, 0.3) is 0 Å². The molecule has 2 unspecified atom stereocenters. The smallest absolute Gasteiger partial charge is 0.441 e. The zero-order chi connectivity index (χ0) is 12.3. The van der Waals surface area contributed by atoms with E-state index in [0.717, 1.165) is 0 Å². The van der Waals surface area contributed by atoms with Gasteiger partial charge in [0.05, 0.1) is 5.92 Å². The van der Waals surface area contributed by atoms with Gasteiger partial charge in [-0.1, -0.05) is 6.92 Å². The summed E-state index contributed by atoms with van der Waals surface area (Å²) in [6.07, 6.45) is 0. The van der Waals surface area contributed by atoms with Crippen LogP contribution in [0.25, 0.3) is 0 Å². The molecule has 0 saturated carbocycles. The van der Waals surface area contributed by atoms with Crippen molar-refractivity contribution in [1.29, 1.82) is 0 Å². The van der Waals surface area contributed by atoms with E-state index in [4.69, 9.17) is 5.11 Å². The van der Waals surface area contributed by atoms with Crippen molar-refractivity contribution in [1.82, 2.24) is 4.90 Å². The second-order valence-corrected chi connectivity index (χ2v) is 5.14. The van der Waals surface area contributed by atoms with E-state index >= 15 is 0 Å². The van der Waals surface area contributed by atoms with Crippen LogP contribution in [0.4, 0.5) is 13.2 Å². The number of hydrogen-bond acceptors (Lipinski definition) is 3. The first kappa shape index (κ1) is 13.6. The summed E-state index contributed by atoms with van der Waals surface area (Å²) in [6.45, 7) is 3.03. The minimum Gasteiger partial charge on any atom is -0.481 e. The molecular formula is C9H14F3NO2S. The molecule has 1 heterocycles. The lowest BCUT2D eigenvalue weighted by Gasteiger charge is -2.15. The SMILES string of the molecule is CC1CN(CCSC(F)(F)F)CC1C(=O)O. The van der Waals surface area contributed by atoms with E-state index in [0.29, 0.717) is 13.1 Å². The Kier molecular flexibility index (Phi) is 4.49. The molecule has 3 nitrogen and oxygen atoms in total. The molecule has 94 valence electrons. The standard InChI is InChI=1S/C9H14F3NO2S/c1-6-4-13(5-7(6)8(14)15)2-3-16-9(10,11)12/h6-7H,2-5H2,1H3,(H,14,15). The van der Waals surface area contributed by atoms with E-state index in [1.807, 2.05) is 6.92 Å². The number of carbonyl (C=O) groups is 1. The number of likely N-dealkylation sites (tertiary alicyclic amines) is 1. The third-order valence-electron chi connectivity index (χ3n) is 2.68. The summed E-state index contributed by atoms with van der Waals surface area (Å²) in [7, 11) is 0. The fourth-order valence-electron chi connectivity index (χ4n) is 1.86. The van der Waals surface area contributed by atoms with Crippen molar-refractivity contribution in [3.8, 4) is 0 Å². The van der Waals surface area contributed by atoms with Gasteiger partial charge in [-0.25, -0.2) is 0 Å². The van der Waals surface area contributed by atoms with Gasteiger partial charge in [0.15, 0.2) is 0 Å². The first-order valence-electron chi connectivity index (χ1n) is 4.95. The normalized spacial score (nSPS) is 27.2. The number of halogens is 3. The number of rotatable bonds is 4. The third kappa shape index (κ3) is 4.21. The predicted molar refractivity (Wildman–Crippen MR) is 55.2 cm³/mol. The molecular weight excluding hydrogens is 243 g/mol. The quantitative estimate of drug-likeness (QED) is 0.835. The number of carboxylic acids is 1. The van der Waals surface area contributed by atoms with Crippen molar-refractivity contribution in [2.75, 3.05) is 25.4 Å². The van der Waals surface area contributed by atoms with Gasteiger partial charge in [0, 0.05) is 25.4 Å². The van der Waals surface area contributed by atoms with Crippen molar-refractivity contribution in [2.45, 2.75) is 12.4 Å². The van der Waals surface area contributed by atoms with E-state index in [1.165, 1.54) is 0 Å². The Balaban J connectivity index is 2.28. The summed E-state index contributed by atoms with van der Waals surface area (Å²) in [6, 6.07) is 0. The molecule has 0 aromatic heterocycles. The summed E-state index contributed by atoms with van der Waals surface area (Å²) in [4.78, 5) is 12.6. The molecule has 1 saturated heterocycles. The Hall–Kier alpha value is -0.430. The Morgan fingerprint density at radius 2 is 2.12 bits per heavy atom. The number of thioether (sulfide) groups is 1. The summed E-state index contributed by atoms with van der Waals surface area (Å²) in [5.74, 6) is -1.34. The van der Waals surface area contributed by atoms with Crippen LogP contribution >= 0.6 is 11.8 Å². The number of aliphatic carboxylic acids is 1. The van der Waals surface area contributed by atoms with Crippen LogP contribution in [0.1, 0.15) is 6.92 Å². The van der Waals surface area contributed by atoms with Crippen LogP contribution < -0.4 is 0 Å². The lowest BCUT2D eigenvalue weighted by atomic mass is 9.99. The monoisotopic (exact) mass is 257 g/mol. The highest BCUT2D eigenvalue weighted by molar-refractivity contribution is 8.00. The van der Waals surface area contributed by atoms with Crippen LogP contribution in [0.2, 0.25) is 0 Å². The van der Waals surface area contributed by atoms with Gasteiger partial charge in [-0.05, 0) is 17.7 Å². The fraction of sp³-hybridized carbons (Fsp3) is 0.889. The van der Waals surface area contributed by atoms with Crippen molar-refractivity contribution in [3.63, 3.8) is 0 Å². The summed E-state index contributed by atoms with van der Waals surface area (Å²) >= 11 is -0.0578. The Bertz CT molecular complexity index is 260. The maximum Gasteiger partial charge on any atom is 0.441 e. The van der Waals surface area contributed by atoms with E-state index in [2.05, 4.69) is 0 Å². The number of hydrogen-bond donors (Lipinski definition) is 1. The van der Waals surface area contributed by atoms with Crippen LogP contribution in [0.15, 0.2) is 0 Å². The topological polar surface area (TPSA) is 40.5 Å². The molecule has 1 rings (SSSR count). The number of carboxylic acid groups (broad SMARTS) is 1. The number of nitrogens with zero attached hydrogens (tertiary/aromatic N) is 1. The highest BCUT2D eigenvalue weighted by atomic mass is 32.2. The highest BCUT2D eigenvalue weighted by Gasteiger charge is 2.35. The molecule has 2 atom stereocenters. The molecule has 1 N–H and O–H groups in total. The fourth-order valence-corrected chi connectivity index (χ4v) is 2.44. The lowest BCUT2D eigenvalue weighted by Crippen LogP contribution is -2.26. The second-order valence-electron chi connectivity index (χ2n) is 3.98. The Morgan fingerprint density at radius 1 is 1.50 bits per heavy atom. The maximum absolute atomic E-state index is 11.9. The average Bonchev–Trinajstić information content (AvgIpc) is 2.44. The Morgan fingerprint density at radius 3 is 2.56 bits per heavy atom. The molecule has 0 aromatic rings. The van der Waals surface area contributed by atoms with Crippen LogP contribution in [0.3, 0.4) is 0 Å². The molecule has 1 fully saturated rings. The van der Waals surface area contributed by atoms with Gasteiger partial charge in [-0.15, -0.1) is 0 Å². The molecule has 16 heavy (non-hydrogen) atoms. The van der Waals surface area contributed by atoms with Gasteiger partial charge in [0.2, 0.25) is 0 Å². The zero-order valence-corrected chi connectivity index (χ0v) is 9.64. The second kappa shape index (κ2) is 5.27. The molecule has 7 heteroatoms. The van der Waals surface area contributed by atoms with Gasteiger partial charge in [-0.3, -0.25) is 4.79 Å². The average molecular weight is 257 g/mol. The van der Waals surface area contributed by atoms with Crippen molar-refractivity contribution < 1.29 is 23.1 Å². The minimum atomic E-state index is -4.20. The van der Waals surface area contributed by atoms with Crippen LogP contribution in [0.5, 0.6) is 0 Å². The van der Waals surface area contributed by atoms with E-state index in [-0.39, 0.29) is 30.0 Å². The summed E-state index contributed by atoms with van der Waals surface area (Å²) in [5.41, 5.74) is -4.20. The molecule has 0 bridgehead atoms. The zero-order valence-electron chi connectivity index (χ0n) is 8.83. The van der Waals surface area contributed by atoms with E-state index < -0.39 is 17.4 Å². The molecule has 0 amide bonds. The van der Waals surface area contributed by atoms with E-state index in [9.17, 15) is 18.0 Å². The summed E-state index contributed by atoms with van der Waals surface area (Å²) < 4.78 is 35.6.